The highest BCUT2D eigenvalue weighted by atomic mass is 16.5. The Morgan fingerprint density at radius 2 is 1.77 bits per heavy atom. The van der Waals surface area contributed by atoms with Gasteiger partial charge in [0.1, 0.15) is 0 Å². The molecule has 120 valence electrons. The molecule has 1 amide bonds. The lowest BCUT2D eigenvalue weighted by Gasteiger charge is -2.37. The van der Waals surface area contributed by atoms with Gasteiger partial charge in [0.15, 0.2) is 0 Å². The van der Waals surface area contributed by atoms with Crippen LogP contribution in [0.4, 0.5) is 5.69 Å². The number of rotatable bonds is 2. The molecule has 0 radical (unpaired) electrons. The SMILES string of the molecule is Cc1cccc(N2CCC(C(=O)N3CCOCC3)CC2)c1C. The predicted octanol–water partition coefficient (Wildman–Crippen LogP) is 2.38. The molecule has 2 fully saturated rings. The van der Waals surface area contributed by atoms with Crippen LogP contribution < -0.4 is 4.90 Å². The minimum atomic E-state index is 0.194. The van der Waals surface area contributed by atoms with Gasteiger partial charge in [0.2, 0.25) is 5.91 Å². The van der Waals surface area contributed by atoms with E-state index in [0.29, 0.717) is 19.1 Å². The molecule has 0 atom stereocenters. The number of carbonyl (C=O) groups is 1. The third-order valence-electron chi connectivity index (χ3n) is 5.08. The smallest absolute Gasteiger partial charge is 0.225 e. The molecule has 0 bridgehead atoms. The first-order valence-corrected chi connectivity index (χ1v) is 8.34. The second-order valence-electron chi connectivity index (χ2n) is 6.42. The first-order chi connectivity index (χ1) is 10.7. The van der Waals surface area contributed by atoms with Crippen LogP contribution in [0.25, 0.3) is 0 Å². The lowest BCUT2D eigenvalue weighted by atomic mass is 9.94. The van der Waals surface area contributed by atoms with Gasteiger partial charge in [0.05, 0.1) is 13.2 Å². The maximum atomic E-state index is 12.6. The Balaban J connectivity index is 1.60. The number of aryl methyl sites for hydroxylation is 1. The molecule has 0 aliphatic carbocycles. The highest BCUT2D eigenvalue weighted by Crippen LogP contribution is 2.28. The molecule has 0 saturated carbocycles. The van der Waals surface area contributed by atoms with E-state index in [0.717, 1.165) is 39.0 Å². The maximum absolute atomic E-state index is 12.6. The van der Waals surface area contributed by atoms with Gasteiger partial charge < -0.3 is 14.5 Å². The van der Waals surface area contributed by atoms with E-state index in [1.165, 1.54) is 16.8 Å². The molecule has 1 aromatic carbocycles. The first-order valence-electron chi connectivity index (χ1n) is 8.34. The zero-order chi connectivity index (χ0) is 15.5. The number of hydrogen-bond acceptors (Lipinski definition) is 3. The molecule has 0 unspecified atom stereocenters. The van der Waals surface area contributed by atoms with Gasteiger partial charge in [-0.15, -0.1) is 0 Å². The van der Waals surface area contributed by atoms with Crippen LogP contribution in [0.3, 0.4) is 0 Å². The molecule has 4 heteroatoms. The minimum Gasteiger partial charge on any atom is -0.378 e. The first kappa shape index (κ1) is 15.3. The van der Waals surface area contributed by atoms with E-state index >= 15 is 0 Å². The third-order valence-corrected chi connectivity index (χ3v) is 5.08. The van der Waals surface area contributed by atoms with Gasteiger partial charge in [-0.25, -0.2) is 0 Å². The molecule has 0 N–H and O–H groups in total. The number of benzene rings is 1. The Hall–Kier alpha value is -1.55. The number of ether oxygens (including phenoxy) is 1. The second kappa shape index (κ2) is 6.69. The van der Waals surface area contributed by atoms with Crippen LogP contribution in [-0.2, 0) is 9.53 Å². The van der Waals surface area contributed by atoms with Gasteiger partial charge in [-0.3, -0.25) is 4.79 Å². The molecule has 3 rings (SSSR count). The van der Waals surface area contributed by atoms with Gasteiger partial charge in [-0.05, 0) is 43.9 Å². The normalized spacial score (nSPS) is 20.3. The predicted molar refractivity (Wildman–Crippen MR) is 88.3 cm³/mol. The Morgan fingerprint density at radius 1 is 1.09 bits per heavy atom. The van der Waals surface area contributed by atoms with Crippen LogP contribution in [0.2, 0.25) is 0 Å². The zero-order valence-electron chi connectivity index (χ0n) is 13.7. The van der Waals surface area contributed by atoms with Crippen molar-refractivity contribution >= 4 is 11.6 Å². The zero-order valence-corrected chi connectivity index (χ0v) is 13.7. The van der Waals surface area contributed by atoms with Crippen LogP contribution in [0.5, 0.6) is 0 Å². The molecule has 2 heterocycles. The van der Waals surface area contributed by atoms with E-state index in [9.17, 15) is 4.79 Å². The van der Waals surface area contributed by atoms with Crippen molar-refractivity contribution in [2.24, 2.45) is 5.92 Å². The van der Waals surface area contributed by atoms with Crippen molar-refractivity contribution in [2.75, 3.05) is 44.3 Å². The Kier molecular flexibility index (Phi) is 4.67. The fourth-order valence-electron chi connectivity index (χ4n) is 3.49. The lowest BCUT2D eigenvalue weighted by molar-refractivity contribution is -0.140. The summed E-state index contributed by atoms with van der Waals surface area (Å²) in [6, 6.07) is 6.49. The van der Waals surface area contributed by atoms with E-state index in [1.54, 1.807) is 0 Å². The summed E-state index contributed by atoms with van der Waals surface area (Å²) in [6.07, 6.45) is 1.92. The number of anilines is 1. The molecule has 2 aliphatic rings. The molecule has 4 nitrogen and oxygen atoms in total. The van der Waals surface area contributed by atoms with Crippen molar-refractivity contribution < 1.29 is 9.53 Å². The molecule has 1 aromatic rings. The van der Waals surface area contributed by atoms with Crippen LogP contribution in [-0.4, -0.2) is 50.2 Å². The number of morpholine rings is 1. The van der Waals surface area contributed by atoms with Gasteiger partial charge in [0, 0.05) is 37.8 Å². The Bertz CT molecular complexity index is 530. The Morgan fingerprint density at radius 3 is 2.45 bits per heavy atom. The summed E-state index contributed by atoms with van der Waals surface area (Å²) >= 11 is 0. The highest BCUT2D eigenvalue weighted by molar-refractivity contribution is 5.79. The van der Waals surface area contributed by atoms with Crippen molar-refractivity contribution in [3.63, 3.8) is 0 Å². The highest BCUT2D eigenvalue weighted by Gasteiger charge is 2.29. The minimum absolute atomic E-state index is 0.194. The number of amides is 1. The topological polar surface area (TPSA) is 32.8 Å². The van der Waals surface area contributed by atoms with Gasteiger partial charge in [-0.2, -0.15) is 0 Å². The van der Waals surface area contributed by atoms with Crippen molar-refractivity contribution in [3.8, 4) is 0 Å². The third kappa shape index (κ3) is 3.12. The van der Waals surface area contributed by atoms with Crippen molar-refractivity contribution in [1.29, 1.82) is 0 Å². The quantitative estimate of drug-likeness (QED) is 0.841. The summed E-state index contributed by atoms with van der Waals surface area (Å²) < 4.78 is 5.33. The maximum Gasteiger partial charge on any atom is 0.225 e. The molecule has 2 saturated heterocycles. The number of hydrogen-bond donors (Lipinski definition) is 0. The number of piperidine rings is 1. The summed E-state index contributed by atoms with van der Waals surface area (Å²) in [7, 11) is 0. The summed E-state index contributed by atoms with van der Waals surface area (Å²) in [5.74, 6) is 0.531. The van der Waals surface area contributed by atoms with Crippen molar-refractivity contribution in [2.45, 2.75) is 26.7 Å². The number of nitrogens with zero attached hydrogens (tertiary/aromatic N) is 2. The molecular weight excluding hydrogens is 276 g/mol. The molecule has 22 heavy (non-hydrogen) atoms. The van der Waals surface area contributed by atoms with Crippen molar-refractivity contribution in [3.05, 3.63) is 29.3 Å². The van der Waals surface area contributed by atoms with E-state index < -0.39 is 0 Å². The summed E-state index contributed by atoms with van der Waals surface area (Å²) in [6.45, 7) is 9.20. The molecule has 0 aromatic heterocycles. The molecule has 0 spiro atoms. The average Bonchev–Trinajstić information content (AvgIpc) is 2.58. The Labute approximate surface area is 133 Å². The molecule has 2 aliphatic heterocycles. The monoisotopic (exact) mass is 302 g/mol. The van der Waals surface area contributed by atoms with E-state index in [-0.39, 0.29) is 5.92 Å². The van der Waals surface area contributed by atoms with Crippen molar-refractivity contribution in [1.82, 2.24) is 4.90 Å². The number of carbonyl (C=O) groups excluding carboxylic acids is 1. The van der Waals surface area contributed by atoms with Gasteiger partial charge in [0.25, 0.3) is 0 Å². The van der Waals surface area contributed by atoms with Crippen LogP contribution in [0, 0.1) is 19.8 Å². The average molecular weight is 302 g/mol. The fraction of sp³-hybridized carbons (Fsp3) is 0.611. The summed E-state index contributed by atoms with van der Waals surface area (Å²) in [5, 5.41) is 0. The second-order valence-corrected chi connectivity index (χ2v) is 6.42. The van der Waals surface area contributed by atoms with E-state index in [4.69, 9.17) is 4.74 Å². The van der Waals surface area contributed by atoms with Crippen LogP contribution in [0.1, 0.15) is 24.0 Å². The van der Waals surface area contributed by atoms with E-state index in [1.807, 2.05) is 4.90 Å². The lowest BCUT2D eigenvalue weighted by Crippen LogP contribution is -2.46. The standard InChI is InChI=1S/C18H26N2O2/c1-14-4-3-5-17(15(14)2)19-8-6-16(7-9-19)18(21)20-10-12-22-13-11-20/h3-5,16H,6-13H2,1-2H3. The van der Waals surface area contributed by atoms with E-state index in [2.05, 4.69) is 36.9 Å². The summed E-state index contributed by atoms with van der Waals surface area (Å²) in [5.41, 5.74) is 4.03. The van der Waals surface area contributed by atoms with Crippen LogP contribution >= 0.6 is 0 Å². The molecular formula is C18H26N2O2. The van der Waals surface area contributed by atoms with Gasteiger partial charge >= 0.3 is 0 Å². The fourth-order valence-corrected chi connectivity index (χ4v) is 3.49. The van der Waals surface area contributed by atoms with Crippen LogP contribution in [0.15, 0.2) is 18.2 Å². The summed E-state index contributed by atoms with van der Waals surface area (Å²) in [4.78, 5) is 17.0. The van der Waals surface area contributed by atoms with Gasteiger partial charge in [-0.1, -0.05) is 12.1 Å². The largest absolute Gasteiger partial charge is 0.378 e.